The zero-order valence-corrected chi connectivity index (χ0v) is 10.6. The lowest BCUT2D eigenvalue weighted by molar-refractivity contribution is -0.149. The number of esters is 1. The molecule has 1 aliphatic rings. The van der Waals surface area contributed by atoms with Crippen LogP contribution in [0.3, 0.4) is 0 Å². The molecule has 0 aliphatic heterocycles. The number of nitrogens with zero attached hydrogens (tertiary/aromatic N) is 1. The van der Waals surface area contributed by atoms with Crippen molar-refractivity contribution in [1.82, 2.24) is 0 Å². The van der Waals surface area contributed by atoms with Crippen LogP contribution in [0.4, 0.5) is 5.69 Å². The van der Waals surface area contributed by atoms with E-state index in [-0.39, 0.29) is 11.9 Å². The van der Waals surface area contributed by atoms with Gasteiger partial charge >= 0.3 is 5.97 Å². The minimum absolute atomic E-state index is 0.160. The first kappa shape index (κ1) is 12.4. The number of anilines is 1. The fourth-order valence-electron chi connectivity index (χ4n) is 2.25. The lowest BCUT2D eigenvalue weighted by Gasteiger charge is -2.42. The average Bonchev–Trinajstić information content (AvgIpc) is 2.35. The van der Waals surface area contributed by atoms with E-state index in [9.17, 15) is 10.1 Å². The normalized spacial score (nSPS) is 25.7. The van der Waals surface area contributed by atoms with E-state index in [0.717, 1.165) is 5.69 Å². The van der Waals surface area contributed by atoms with Gasteiger partial charge in [0.05, 0.1) is 19.1 Å². The number of hydrogen-bond donors (Lipinski definition) is 1. The van der Waals surface area contributed by atoms with Crippen molar-refractivity contribution in [2.75, 3.05) is 12.4 Å². The zero-order valence-electron chi connectivity index (χ0n) is 10.6. The first-order chi connectivity index (χ1) is 8.58. The van der Waals surface area contributed by atoms with Crippen LogP contribution >= 0.6 is 0 Å². The van der Waals surface area contributed by atoms with Gasteiger partial charge in [0.25, 0.3) is 0 Å². The molecule has 1 saturated carbocycles. The van der Waals surface area contributed by atoms with Crippen molar-refractivity contribution >= 4 is 11.7 Å². The minimum Gasteiger partial charge on any atom is -0.469 e. The van der Waals surface area contributed by atoms with Gasteiger partial charge in [0.1, 0.15) is 5.54 Å². The molecule has 0 amide bonds. The van der Waals surface area contributed by atoms with E-state index < -0.39 is 5.54 Å². The fourth-order valence-corrected chi connectivity index (χ4v) is 2.25. The molecule has 18 heavy (non-hydrogen) atoms. The van der Waals surface area contributed by atoms with Crippen molar-refractivity contribution in [2.24, 2.45) is 5.92 Å². The van der Waals surface area contributed by atoms with Crippen LogP contribution in [0.15, 0.2) is 24.3 Å². The van der Waals surface area contributed by atoms with E-state index >= 15 is 0 Å². The number of rotatable bonds is 3. The van der Waals surface area contributed by atoms with Crippen LogP contribution in [0.25, 0.3) is 0 Å². The molecule has 94 valence electrons. The Labute approximate surface area is 107 Å². The van der Waals surface area contributed by atoms with Crippen molar-refractivity contribution in [2.45, 2.75) is 25.3 Å². The molecule has 0 atom stereocenters. The van der Waals surface area contributed by atoms with E-state index in [0.29, 0.717) is 12.8 Å². The molecule has 0 bridgehead atoms. The van der Waals surface area contributed by atoms with Crippen molar-refractivity contribution < 1.29 is 9.53 Å². The van der Waals surface area contributed by atoms with Gasteiger partial charge in [-0.3, -0.25) is 4.79 Å². The van der Waals surface area contributed by atoms with Crippen LogP contribution in [0.2, 0.25) is 0 Å². The summed E-state index contributed by atoms with van der Waals surface area (Å²) in [6.45, 7) is 2.01. The Bertz CT molecular complexity index is 482. The number of carbonyl (C=O) groups excluding carboxylic acids is 1. The first-order valence-corrected chi connectivity index (χ1v) is 5.92. The summed E-state index contributed by atoms with van der Waals surface area (Å²) in [4.78, 5) is 11.3. The highest BCUT2D eigenvalue weighted by Gasteiger charge is 2.48. The van der Waals surface area contributed by atoms with Crippen LogP contribution in [-0.4, -0.2) is 18.6 Å². The second-order valence-corrected chi connectivity index (χ2v) is 4.81. The number of nitriles is 1. The van der Waals surface area contributed by atoms with E-state index in [4.69, 9.17) is 0 Å². The number of nitrogens with one attached hydrogen (secondary N) is 1. The highest BCUT2D eigenvalue weighted by atomic mass is 16.5. The SMILES string of the molecule is COC(=O)C1CC(C#N)(Nc2ccc(C)cc2)C1. The third-order valence-electron chi connectivity index (χ3n) is 3.37. The smallest absolute Gasteiger partial charge is 0.308 e. The summed E-state index contributed by atoms with van der Waals surface area (Å²) in [5, 5.41) is 12.5. The zero-order chi connectivity index (χ0) is 13.2. The van der Waals surface area contributed by atoms with Crippen molar-refractivity contribution in [1.29, 1.82) is 5.26 Å². The van der Waals surface area contributed by atoms with Crippen LogP contribution < -0.4 is 5.32 Å². The van der Waals surface area contributed by atoms with Crippen LogP contribution in [0.5, 0.6) is 0 Å². The Morgan fingerprint density at radius 3 is 2.56 bits per heavy atom. The molecular formula is C14H16N2O2. The van der Waals surface area contributed by atoms with E-state index in [1.54, 1.807) is 0 Å². The standard InChI is InChI=1S/C14H16N2O2/c1-10-3-5-12(6-4-10)16-14(9-15)7-11(8-14)13(17)18-2/h3-6,11,16H,7-8H2,1-2H3. The molecule has 1 N–H and O–H groups in total. The maximum atomic E-state index is 11.3. The van der Waals surface area contributed by atoms with Gasteiger partial charge in [-0.1, -0.05) is 17.7 Å². The topological polar surface area (TPSA) is 62.1 Å². The van der Waals surface area contributed by atoms with Gasteiger partial charge in [-0.15, -0.1) is 0 Å². The lowest BCUT2D eigenvalue weighted by atomic mass is 9.69. The Balaban J connectivity index is 2.02. The maximum Gasteiger partial charge on any atom is 0.308 e. The minimum atomic E-state index is -0.631. The number of hydrogen-bond acceptors (Lipinski definition) is 4. The van der Waals surface area contributed by atoms with Crippen LogP contribution in [-0.2, 0) is 9.53 Å². The van der Waals surface area contributed by atoms with E-state index in [2.05, 4.69) is 16.1 Å². The Morgan fingerprint density at radius 1 is 1.44 bits per heavy atom. The predicted molar refractivity (Wildman–Crippen MR) is 67.9 cm³/mol. The Morgan fingerprint density at radius 2 is 2.06 bits per heavy atom. The summed E-state index contributed by atoms with van der Waals surface area (Å²) in [7, 11) is 1.38. The molecule has 1 fully saturated rings. The summed E-state index contributed by atoms with van der Waals surface area (Å²) < 4.78 is 4.68. The predicted octanol–water partition coefficient (Wildman–Crippen LogP) is 2.25. The highest BCUT2D eigenvalue weighted by Crippen LogP contribution is 2.40. The summed E-state index contributed by atoms with van der Waals surface area (Å²) in [5.41, 5.74) is 1.45. The number of aryl methyl sites for hydroxylation is 1. The number of ether oxygens (including phenoxy) is 1. The van der Waals surface area contributed by atoms with E-state index in [1.807, 2.05) is 31.2 Å². The fraction of sp³-hybridized carbons (Fsp3) is 0.429. The molecule has 1 aromatic carbocycles. The lowest BCUT2D eigenvalue weighted by Crippen LogP contribution is -2.51. The third-order valence-corrected chi connectivity index (χ3v) is 3.37. The van der Waals surface area contributed by atoms with Gasteiger partial charge < -0.3 is 10.1 Å². The number of methoxy groups -OCH3 is 1. The summed E-state index contributed by atoms with van der Waals surface area (Å²) in [6.07, 6.45) is 1.01. The van der Waals surface area contributed by atoms with Crippen molar-refractivity contribution in [3.63, 3.8) is 0 Å². The molecule has 0 aromatic heterocycles. The molecule has 4 nitrogen and oxygen atoms in total. The number of benzene rings is 1. The van der Waals surface area contributed by atoms with Gasteiger partial charge in [-0.2, -0.15) is 5.26 Å². The summed E-state index contributed by atoms with van der Waals surface area (Å²) in [5.74, 6) is -0.390. The van der Waals surface area contributed by atoms with Gasteiger partial charge in [0.2, 0.25) is 0 Å². The molecule has 1 aliphatic carbocycles. The average molecular weight is 244 g/mol. The Kier molecular flexibility index (Phi) is 3.24. The van der Waals surface area contributed by atoms with E-state index in [1.165, 1.54) is 12.7 Å². The van der Waals surface area contributed by atoms with Crippen molar-refractivity contribution in [3.8, 4) is 6.07 Å². The molecule has 0 saturated heterocycles. The quantitative estimate of drug-likeness (QED) is 0.828. The molecule has 0 spiro atoms. The summed E-state index contributed by atoms with van der Waals surface area (Å²) >= 11 is 0. The van der Waals surface area contributed by atoms with Gasteiger partial charge in [-0.05, 0) is 31.9 Å². The van der Waals surface area contributed by atoms with Crippen LogP contribution in [0.1, 0.15) is 18.4 Å². The highest BCUT2D eigenvalue weighted by molar-refractivity contribution is 5.75. The van der Waals surface area contributed by atoms with Gasteiger partial charge in [0.15, 0.2) is 0 Å². The second-order valence-electron chi connectivity index (χ2n) is 4.81. The van der Waals surface area contributed by atoms with Gasteiger partial charge in [0, 0.05) is 5.69 Å². The first-order valence-electron chi connectivity index (χ1n) is 5.92. The Hall–Kier alpha value is -2.02. The van der Waals surface area contributed by atoms with Gasteiger partial charge in [-0.25, -0.2) is 0 Å². The monoisotopic (exact) mass is 244 g/mol. The molecule has 0 heterocycles. The molecule has 1 aromatic rings. The molecule has 0 unspecified atom stereocenters. The van der Waals surface area contributed by atoms with Crippen LogP contribution in [0, 0.1) is 24.2 Å². The number of carbonyl (C=O) groups is 1. The molecule has 4 heteroatoms. The molecule has 2 rings (SSSR count). The maximum absolute atomic E-state index is 11.3. The molecular weight excluding hydrogens is 228 g/mol. The summed E-state index contributed by atoms with van der Waals surface area (Å²) in [6, 6.07) is 10.1. The largest absolute Gasteiger partial charge is 0.469 e. The third kappa shape index (κ3) is 2.30. The second kappa shape index (κ2) is 4.69. The van der Waals surface area contributed by atoms with Crippen molar-refractivity contribution in [3.05, 3.63) is 29.8 Å². The molecule has 0 radical (unpaired) electrons.